The van der Waals surface area contributed by atoms with Crippen LogP contribution in [0.25, 0.3) is 0 Å². The van der Waals surface area contributed by atoms with E-state index in [2.05, 4.69) is 44.3 Å². The van der Waals surface area contributed by atoms with Crippen LogP contribution in [0.15, 0.2) is 12.4 Å². The molecule has 0 aliphatic heterocycles. The Hall–Kier alpha value is -0.830. The van der Waals surface area contributed by atoms with Gasteiger partial charge in [0.15, 0.2) is 0 Å². The molecule has 0 bridgehead atoms. The minimum absolute atomic E-state index is 0.705. The number of aromatic nitrogens is 2. The molecule has 0 saturated carbocycles. The number of nitrogens with zero attached hydrogens (tertiary/aromatic N) is 2. The van der Waals surface area contributed by atoms with Crippen LogP contribution in [0.1, 0.15) is 39.7 Å². The van der Waals surface area contributed by atoms with Crippen molar-refractivity contribution in [2.24, 2.45) is 11.8 Å². The topological polar surface area (TPSA) is 29.9 Å². The predicted octanol–water partition coefficient (Wildman–Crippen LogP) is 2.67. The molecule has 0 saturated heterocycles. The molecule has 0 spiro atoms. The molecule has 1 aromatic heterocycles. The summed E-state index contributed by atoms with van der Waals surface area (Å²) in [5.41, 5.74) is 1.28. The zero-order valence-corrected chi connectivity index (χ0v) is 11.0. The van der Waals surface area contributed by atoms with Gasteiger partial charge in [-0.15, -0.1) is 0 Å². The van der Waals surface area contributed by atoms with Crippen LogP contribution in [-0.2, 0) is 13.1 Å². The first-order valence-electron chi connectivity index (χ1n) is 6.30. The van der Waals surface area contributed by atoms with Crippen LogP contribution in [0.3, 0.4) is 0 Å². The molecule has 0 aliphatic carbocycles. The van der Waals surface area contributed by atoms with Crippen molar-refractivity contribution in [2.75, 3.05) is 6.54 Å². The first kappa shape index (κ1) is 13.2. The summed E-state index contributed by atoms with van der Waals surface area (Å²) in [5.74, 6) is 1.45. The molecule has 1 aromatic rings. The van der Waals surface area contributed by atoms with E-state index >= 15 is 0 Å². The number of hydrogen-bond donors (Lipinski definition) is 1. The van der Waals surface area contributed by atoms with Crippen LogP contribution in [0.4, 0.5) is 0 Å². The average molecular weight is 223 g/mol. The Bertz CT molecular complexity index is 289. The highest BCUT2D eigenvalue weighted by Crippen LogP contribution is 2.04. The van der Waals surface area contributed by atoms with E-state index in [-0.39, 0.29) is 0 Å². The summed E-state index contributed by atoms with van der Waals surface area (Å²) in [5, 5.41) is 7.79. The minimum Gasteiger partial charge on any atom is -0.312 e. The summed E-state index contributed by atoms with van der Waals surface area (Å²) in [7, 11) is 0. The lowest BCUT2D eigenvalue weighted by Crippen LogP contribution is -2.18. The average Bonchev–Trinajstić information content (AvgIpc) is 2.62. The molecule has 1 N–H and O–H groups in total. The van der Waals surface area contributed by atoms with Gasteiger partial charge < -0.3 is 5.32 Å². The molecule has 0 aromatic carbocycles. The maximum atomic E-state index is 4.36. The minimum atomic E-state index is 0.705. The van der Waals surface area contributed by atoms with E-state index in [1.807, 2.05) is 10.9 Å². The standard InChI is InChI=1S/C13H25N3/c1-11(2)5-6-16-10-13(9-15-16)8-14-7-12(3)4/h9-12,14H,5-8H2,1-4H3. The lowest BCUT2D eigenvalue weighted by Gasteiger charge is -2.05. The third-order valence-electron chi connectivity index (χ3n) is 2.50. The Morgan fingerprint density at radius 1 is 1.25 bits per heavy atom. The molecule has 3 nitrogen and oxygen atoms in total. The van der Waals surface area contributed by atoms with Crippen molar-refractivity contribution >= 4 is 0 Å². The molecule has 0 fully saturated rings. The van der Waals surface area contributed by atoms with E-state index in [9.17, 15) is 0 Å². The molecule has 3 heteroatoms. The molecule has 0 unspecified atom stereocenters. The monoisotopic (exact) mass is 223 g/mol. The second-order valence-electron chi connectivity index (χ2n) is 5.32. The van der Waals surface area contributed by atoms with Crippen molar-refractivity contribution in [3.05, 3.63) is 18.0 Å². The SMILES string of the molecule is CC(C)CCn1cc(CNCC(C)C)cn1. The van der Waals surface area contributed by atoms with Crippen molar-refractivity contribution in [1.29, 1.82) is 0 Å². The summed E-state index contributed by atoms with van der Waals surface area (Å²) in [4.78, 5) is 0. The van der Waals surface area contributed by atoms with Crippen molar-refractivity contribution in [1.82, 2.24) is 15.1 Å². The number of aryl methyl sites for hydroxylation is 1. The van der Waals surface area contributed by atoms with Gasteiger partial charge in [0.25, 0.3) is 0 Å². The highest BCUT2D eigenvalue weighted by Gasteiger charge is 2.00. The van der Waals surface area contributed by atoms with E-state index in [1.165, 1.54) is 12.0 Å². The van der Waals surface area contributed by atoms with Gasteiger partial charge in [-0.25, -0.2) is 0 Å². The number of nitrogens with one attached hydrogen (secondary N) is 1. The van der Waals surface area contributed by atoms with Gasteiger partial charge in [0, 0.05) is 24.8 Å². The van der Waals surface area contributed by atoms with Crippen LogP contribution in [-0.4, -0.2) is 16.3 Å². The first-order chi connectivity index (χ1) is 7.58. The largest absolute Gasteiger partial charge is 0.312 e. The maximum absolute atomic E-state index is 4.36. The van der Waals surface area contributed by atoms with E-state index < -0.39 is 0 Å². The van der Waals surface area contributed by atoms with E-state index in [0.29, 0.717) is 5.92 Å². The van der Waals surface area contributed by atoms with Gasteiger partial charge in [-0.1, -0.05) is 27.7 Å². The summed E-state index contributed by atoms with van der Waals surface area (Å²) in [6.45, 7) is 12.0. The zero-order valence-electron chi connectivity index (χ0n) is 11.0. The molecular formula is C13H25N3. The lowest BCUT2D eigenvalue weighted by molar-refractivity contribution is 0.486. The van der Waals surface area contributed by atoms with Crippen LogP contribution in [0.2, 0.25) is 0 Å². The fraction of sp³-hybridized carbons (Fsp3) is 0.769. The smallest absolute Gasteiger partial charge is 0.0534 e. The quantitative estimate of drug-likeness (QED) is 0.770. The lowest BCUT2D eigenvalue weighted by atomic mass is 10.1. The van der Waals surface area contributed by atoms with Crippen molar-refractivity contribution < 1.29 is 0 Å². The Labute approximate surface area is 99.2 Å². The van der Waals surface area contributed by atoms with Crippen molar-refractivity contribution in [2.45, 2.75) is 47.2 Å². The summed E-state index contributed by atoms with van der Waals surface area (Å²) >= 11 is 0. The van der Waals surface area contributed by atoms with Gasteiger partial charge in [-0.3, -0.25) is 4.68 Å². The van der Waals surface area contributed by atoms with Crippen molar-refractivity contribution in [3.63, 3.8) is 0 Å². The van der Waals surface area contributed by atoms with E-state index in [1.54, 1.807) is 0 Å². The van der Waals surface area contributed by atoms with Gasteiger partial charge >= 0.3 is 0 Å². The van der Waals surface area contributed by atoms with E-state index in [0.717, 1.165) is 25.6 Å². The number of rotatable bonds is 7. The van der Waals surface area contributed by atoms with Crippen LogP contribution in [0, 0.1) is 11.8 Å². The summed E-state index contributed by atoms with van der Waals surface area (Å²) < 4.78 is 2.05. The molecule has 16 heavy (non-hydrogen) atoms. The van der Waals surface area contributed by atoms with E-state index in [4.69, 9.17) is 0 Å². The molecule has 0 atom stereocenters. The first-order valence-corrected chi connectivity index (χ1v) is 6.30. The molecular weight excluding hydrogens is 198 g/mol. The third kappa shape index (κ3) is 5.31. The fourth-order valence-electron chi connectivity index (χ4n) is 1.52. The molecule has 0 amide bonds. The second kappa shape index (κ2) is 6.69. The highest BCUT2D eigenvalue weighted by molar-refractivity contribution is 5.03. The molecule has 0 radical (unpaired) electrons. The highest BCUT2D eigenvalue weighted by atomic mass is 15.3. The van der Waals surface area contributed by atoms with Gasteiger partial charge in [0.1, 0.15) is 0 Å². The second-order valence-corrected chi connectivity index (χ2v) is 5.32. The molecule has 1 rings (SSSR count). The molecule has 1 heterocycles. The fourth-order valence-corrected chi connectivity index (χ4v) is 1.52. The summed E-state index contributed by atoms with van der Waals surface area (Å²) in [6, 6.07) is 0. The number of hydrogen-bond acceptors (Lipinski definition) is 2. The Balaban J connectivity index is 2.28. The third-order valence-corrected chi connectivity index (χ3v) is 2.50. The van der Waals surface area contributed by atoms with Gasteiger partial charge in [-0.2, -0.15) is 5.10 Å². The van der Waals surface area contributed by atoms with Gasteiger partial charge in [0.2, 0.25) is 0 Å². The zero-order chi connectivity index (χ0) is 12.0. The maximum Gasteiger partial charge on any atom is 0.0534 e. The predicted molar refractivity (Wildman–Crippen MR) is 68.2 cm³/mol. The normalized spacial score (nSPS) is 11.6. The molecule has 0 aliphatic rings. The van der Waals surface area contributed by atoms with Crippen LogP contribution in [0.5, 0.6) is 0 Å². The Morgan fingerprint density at radius 3 is 2.62 bits per heavy atom. The Morgan fingerprint density at radius 2 is 2.00 bits per heavy atom. The van der Waals surface area contributed by atoms with Crippen LogP contribution < -0.4 is 5.32 Å². The molecule has 92 valence electrons. The van der Waals surface area contributed by atoms with Crippen molar-refractivity contribution in [3.8, 4) is 0 Å². The summed E-state index contributed by atoms with van der Waals surface area (Å²) in [6.07, 6.45) is 5.31. The van der Waals surface area contributed by atoms with Gasteiger partial charge in [-0.05, 0) is 24.8 Å². The van der Waals surface area contributed by atoms with Crippen LogP contribution >= 0.6 is 0 Å². The van der Waals surface area contributed by atoms with Gasteiger partial charge in [0.05, 0.1) is 6.20 Å². The Kier molecular flexibility index (Phi) is 5.53.